The summed E-state index contributed by atoms with van der Waals surface area (Å²) in [5, 5.41) is 15.5. The van der Waals surface area contributed by atoms with E-state index in [1.165, 1.54) is 0 Å². The van der Waals surface area contributed by atoms with E-state index in [4.69, 9.17) is 28.9 Å². The number of halogens is 1. The zero-order valence-electron chi connectivity index (χ0n) is 14.8. The van der Waals surface area contributed by atoms with Crippen LogP contribution in [0.3, 0.4) is 0 Å². The predicted octanol–water partition coefficient (Wildman–Crippen LogP) is 4.14. The number of hydrogen-bond acceptors (Lipinski definition) is 4. The molecule has 0 aliphatic carbocycles. The molecule has 1 saturated heterocycles. The van der Waals surface area contributed by atoms with Crippen molar-refractivity contribution in [3.63, 3.8) is 0 Å². The quantitative estimate of drug-likeness (QED) is 0.668. The average Bonchev–Trinajstić information content (AvgIpc) is 2.99. The molecule has 0 radical (unpaired) electrons. The van der Waals surface area contributed by atoms with E-state index in [2.05, 4.69) is 4.90 Å². The van der Waals surface area contributed by atoms with E-state index >= 15 is 0 Å². The number of β-amino-alcohol motifs (C(OH)–C–C–N with tert-alkyl or cyclic N) is 1. The molecule has 1 aliphatic rings. The Bertz CT molecular complexity index is 968. The van der Waals surface area contributed by atoms with Crippen molar-refractivity contribution in [3.8, 4) is 17.1 Å². The van der Waals surface area contributed by atoms with Crippen LogP contribution in [0.5, 0.6) is 0 Å². The predicted molar refractivity (Wildman–Crippen MR) is 110 cm³/mol. The molecular formula is C20H21ClN4OS. The zero-order valence-corrected chi connectivity index (χ0v) is 16.4. The molecular weight excluding hydrogens is 380 g/mol. The third kappa shape index (κ3) is 3.99. The Morgan fingerprint density at radius 1 is 1.11 bits per heavy atom. The Morgan fingerprint density at radius 2 is 1.85 bits per heavy atom. The fourth-order valence-corrected chi connectivity index (χ4v) is 3.86. The van der Waals surface area contributed by atoms with Gasteiger partial charge in [-0.05, 0) is 61.5 Å². The number of likely N-dealkylation sites (tertiary alicyclic amines) is 1. The summed E-state index contributed by atoms with van der Waals surface area (Å²) in [7, 11) is 0. The molecule has 1 fully saturated rings. The van der Waals surface area contributed by atoms with E-state index in [0.29, 0.717) is 23.0 Å². The fourth-order valence-electron chi connectivity index (χ4n) is 3.44. The molecule has 27 heavy (non-hydrogen) atoms. The highest BCUT2D eigenvalue weighted by atomic mass is 35.5. The van der Waals surface area contributed by atoms with Gasteiger partial charge in [-0.3, -0.25) is 9.47 Å². The molecule has 5 nitrogen and oxygen atoms in total. The highest BCUT2D eigenvalue weighted by Gasteiger charge is 2.20. The standard InChI is InChI=1S/C20H21ClN4OS/c21-16-10-8-15(9-11-16)19-22-24(14-23-12-4-7-18(26)13-23)20(27)25(19)17-5-2-1-3-6-17/h1-3,5-6,8-11,18,26H,4,7,12-14H2/t18-/m0/s1. The van der Waals surface area contributed by atoms with Crippen LogP contribution in [0.25, 0.3) is 17.1 Å². The number of benzene rings is 2. The van der Waals surface area contributed by atoms with Crippen molar-refractivity contribution in [2.75, 3.05) is 13.1 Å². The Hall–Kier alpha value is -1.99. The largest absolute Gasteiger partial charge is 0.392 e. The normalized spacial score (nSPS) is 17.9. The van der Waals surface area contributed by atoms with Gasteiger partial charge in [0.05, 0.1) is 12.8 Å². The van der Waals surface area contributed by atoms with Crippen molar-refractivity contribution in [1.82, 2.24) is 19.2 Å². The summed E-state index contributed by atoms with van der Waals surface area (Å²) in [5.41, 5.74) is 1.92. The van der Waals surface area contributed by atoms with Gasteiger partial charge in [0.25, 0.3) is 0 Å². The van der Waals surface area contributed by atoms with E-state index in [1.807, 2.05) is 63.8 Å². The topological polar surface area (TPSA) is 46.2 Å². The summed E-state index contributed by atoms with van der Waals surface area (Å²) >= 11 is 11.8. The number of nitrogens with zero attached hydrogens (tertiary/aromatic N) is 4. The van der Waals surface area contributed by atoms with Gasteiger partial charge < -0.3 is 5.11 Å². The maximum atomic E-state index is 9.95. The number of piperidine rings is 1. The van der Waals surface area contributed by atoms with Gasteiger partial charge in [0.1, 0.15) is 0 Å². The van der Waals surface area contributed by atoms with Gasteiger partial charge in [-0.2, -0.15) is 0 Å². The molecule has 2 aromatic carbocycles. The molecule has 0 saturated carbocycles. The minimum Gasteiger partial charge on any atom is -0.392 e. The molecule has 3 aromatic rings. The Labute approximate surface area is 168 Å². The maximum absolute atomic E-state index is 9.95. The summed E-state index contributed by atoms with van der Waals surface area (Å²) in [6, 6.07) is 17.6. The molecule has 2 heterocycles. The van der Waals surface area contributed by atoms with Crippen LogP contribution in [-0.2, 0) is 6.67 Å². The van der Waals surface area contributed by atoms with Gasteiger partial charge in [0.15, 0.2) is 5.82 Å². The lowest BCUT2D eigenvalue weighted by molar-refractivity contribution is 0.0513. The van der Waals surface area contributed by atoms with Crippen LogP contribution in [0.2, 0.25) is 5.02 Å². The first kappa shape index (κ1) is 18.4. The molecule has 7 heteroatoms. The molecule has 0 bridgehead atoms. The lowest BCUT2D eigenvalue weighted by atomic mass is 10.1. The third-order valence-electron chi connectivity index (χ3n) is 4.77. The number of rotatable bonds is 4. The second-order valence-corrected chi connectivity index (χ2v) is 7.60. The molecule has 0 unspecified atom stereocenters. The van der Waals surface area contributed by atoms with Crippen LogP contribution in [0.1, 0.15) is 12.8 Å². The Morgan fingerprint density at radius 3 is 2.56 bits per heavy atom. The van der Waals surface area contributed by atoms with Gasteiger partial charge in [-0.25, -0.2) is 4.68 Å². The number of aliphatic hydroxyl groups excluding tert-OH is 1. The number of aliphatic hydroxyl groups is 1. The van der Waals surface area contributed by atoms with E-state index in [-0.39, 0.29) is 6.10 Å². The summed E-state index contributed by atoms with van der Waals surface area (Å²) in [5.74, 6) is 0.778. The van der Waals surface area contributed by atoms with Gasteiger partial charge in [-0.1, -0.05) is 29.8 Å². The summed E-state index contributed by atoms with van der Waals surface area (Å²) in [6.45, 7) is 2.15. The van der Waals surface area contributed by atoms with Gasteiger partial charge in [-0.15, -0.1) is 5.10 Å². The third-order valence-corrected chi connectivity index (χ3v) is 5.42. The van der Waals surface area contributed by atoms with Crippen LogP contribution in [0, 0.1) is 4.77 Å². The summed E-state index contributed by atoms with van der Waals surface area (Å²) < 4.78 is 4.45. The second kappa shape index (κ2) is 7.94. The molecule has 0 spiro atoms. The number of para-hydroxylation sites is 1. The van der Waals surface area contributed by atoms with E-state index in [0.717, 1.165) is 36.5 Å². The van der Waals surface area contributed by atoms with E-state index < -0.39 is 0 Å². The first-order valence-electron chi connectivity index (χ1n) is 9.03. The lowest BCUT2D eigenvalue weighted by Gasteiger charge is -2.29. The monoisotopic (exact) mass is 400 g/mol. The molecule has 1 N–H and O–H groups in total. The van der Waals surface area contributed by atoms with E-state index in [1.54, 1.807) is 0 Å². The number of hydrogen-bond donors (Lipinski definition) is 1. The SMILES string of the molecule is O[C@H]1CCCN(Cn2nc(-c3ccc(Cl)cc3)n(-c3ccccc3)c2=S)C1. The van der Waals surface area contributed by atoms with Crippen LogP contribution in [0.15, 0.2) is 54.6 Å². The van der Waals surface area contributed by atoms with E-state index in [9.17, 15) is 5.11 Å². The van der Waals surface area contributed by atoms with Crippen LogP contribution >= 0.6 is 23.8 Å². The molecule has 1 aliphatic heterocycles. The molecule has 140 valence electrons. The van der Waals surface area contributed by atoms with Gasteiger partial charge >= 0.3 is 0 Å². The minimum atomic E-state index is -0.278. The molecule has 1 atom stereocenters. The van der Waals surface area contributed by atoms with Crippen LogP contribution < -0.4 is 0 Å². The zero-order chi connectivity index (χ0) is 18.8. The smallest absolute Gasteiger partial charge is 0.204 e. The lowest BCUT2D eigenvalue weighted by Crippen LogP contribution is -2.39. The minimum absolute atomic E-state index is 0.278. The van der Waals surface area contributed by atoms with Crippen LogP contribution in [0.4, 0.5) is 0 Å². The van der Waals surface area contributed by atoms with Crippen molar-refractivity contribution in [2.45, 2.75) is 25.6 Å². The fraction of sp³-hybridized carbons (Fsp3) is 0.300. The Balaban J connectivity index is 1.77. The molecule has 1 aromatic heterocycles. The first-order chi connectivity index (χ1) is 13.1. The molecule has 0 amide bonds. The summed E-state index contributed by atoms with van der Waals surface area (Å²) in [4.78, 5) is 2.19. The highest BCUT2D eigenvalue weighted by molar-refractivity contribution is 7.71. The van der Waals surface area contributed by atoms with Gasteiger partial charge in [0.2, 0.25) is 4.77 Å². The first-order valence-corrected chi connectivity index (χ1v) is 9.82. The highest BCUT2D eigenvalue weighted by Crippen LogP contribution is 2.24. The Kier molecular flexibility index (Phi) is 5.41. The van der Waals surface area contributed by atoms with Gasteiger partial charge in [0, 0.05) is 29.4 Å². The van der Waals surface area contributed by atoms with Crippen molar-refractivity contribution < 1.29 is 5.11 Å². The molecule has 4 rings (SSSR count). The summed E-state index contributed by atoms with van der Waals surface area (Å²) in [6.07, 6.45) is 1.56. The van der Waals surface area contributed by atoms with Crippen molar-refractivity contribution in [2.24, 2.45) is 0 Å². The second-order valence-electron chi connectivity index (χ2n) is 6.80. The van der Waals surface area contributed by atoms with Crippen LogP contribution in [-0.4, -0.2) is 43.5 Å². The number of aromatic nitrogens is 3. The van der Waals surface area contributed by atoms with Crippen molar-refractivity contribution in [1.29, 1.82) is 0 Å². The average molecular weight is 401 g/mol. The van der Waals surface area contributed by atoms with Crippen molar-refractivity contribution in [3.05, 3.63) is 64.4 Å². The van der Waals surface area contributed by atoms with Crippen molar-refractivity contribution >= 4 is 23.8 Å². The maximum Gasteiger partial charge on any atom is 0.204 e.